The number of nitrogens with zero attached hydrogens (tertiary/aromatic N) is 3. The molecule has 6 nitrogen and oxygen atoms in total. The summed E-state index contributed by atoms with van der Waals surface area (Å²) in [6, 6.07) is 8.75. The second-order valence-electron chi connectivity index (χ2n) is 7.85. The van der Waals surface area contributed by atoms with Crippen LogP contribution in [0.3, 0.4) is 0 Å². The SMILES string of the molecule is CN=C(NCC1CCCN(C)C1)NC1CCCN(c2cccc(OC)c2)C1. The fourth-order valence-corrected chi connectivity index (χ4v) is 4.21. The number of rotatable bonds is 5. The van der Waals surface area contributed by atoms with E-state index in [4.69, 9.17) is 4.74 Å². The molecule has 0 aliphatic carbocycles. The Kier molecular flexibility index (Phi) is 7.21. The van der Waals surface area contributed by atoms with Gasteiger partial charge in [0.1, 0.15) is 5.75 Å². The summed E-state index contributed by atoms with van der Waals surface area (Å²) in [6.45, 7) is 5.48. The molecule has 2 N–H and O–H groups in total. The van der Waals surface area contributed by atoms with Crippen molar-refractivity contribution < 1.29 is 4.74 Å². The second-order valence-corrected chi connectivity index (χ2v) is 7.85. The van der Waals surface area contributed by atoms with Crippen molar-refractivity contribution >= 4 is 11.6 Å². The Labute approximate surface area is 164 Å². The zero-order chi connectivity index (χ0) is 19.1. The normalized spacial score (nSPS) is 24.6. The van der Waals surface area contributed by atoms with Gasteiger partial charge < -0.3 is 25.2 Å². The fraction of sp³-hybridized carbons (Fsp3) is 0.667. The number of ether oxygens (including phenoxy) is 1. The standard InChI is InChI=1S/C21H35N5O/c1-22-21(23-14-17-7-5-11-25(2)15-17)24-18-8-6-12-26(16-18)19-9-4-10-20(13-19)27-3/h4,9-10,13,17-18H,5-8,11-12,14-16H2,1-3H3,(H2,22,23,24). The smallest absolute Gasteiger partial charge is 0.191 e. The van der Waals surface area contributed by atoms with Gasteiger partial charge in [0, 0.05) is 51.0 Å². The molecule has 0 bridgehead atoms. The number of nitrogens with one attached hydrogen (secondary N) is 2. The van der Waals surface area contributed by atoms with Crippen LogP contribution < -0.4 is 20.3 Å². The molecule has 2 fully saturated rings. The summed E-state index contributed by atoms with van der Waals surface area (Å²) in [4.78, 5) is 9.32. The van der Waals surface area contributed by atoms with Gasteiger partial charge >= 0.3 is 0 Å². The molecule has 0 aromatic heterocycles. The quantitative estimate of drug-likeness (QED) is 0.612. The Morgan fingerprint density at radius 3 is 2.85 bits per heavy atom. The van der Waals surface area contributed by atoms with Gasteiger partial charge in [-0.2, -0.15) is 0 Å². The van der Waals surface area contributed by atoms with Crippen LogP contribution in [0.2, 0.25) is 0 Å². The Morgan fingerprint density at radius 1 is 1.22 bits per heavy atom. The first-order valence-electron chi connectivity index (χ1n) is 10.2. The van der Waals surface area contributed by atoms with Crippen molar-refractivity contribution in [1.29, 1.82) is 0 Å². The van der Waals surface area contributed by atoms with Crippen LogP contribution >= 0.6 is 0 Å². The van der Waals surface area contributed by atoms with Crippen molar-refractivity contribution in [3.05, 3.63) is 24.3 Å². The number of guanidine groups is 1. The van der Waals surface area contributed by atoms with Gasteiger partial charge in [0.15, 0.2) is 5.96 Å². The molecule has 2 heterocycles. The molecule has 3 rings (SSSR count). The van der Waals surface area contributed by atoms with Gasteiger partial charge in [-0.1, -0.05) is 6.07 Å². The summed E-state index contributed by atoms with van der Waals surface area (Å²) in [5, 5.41) is 7.19. The first-order valence-corrected chi connectivity index (χ1v) is 10.2. The van der Waals surface area contributed by atoms with E-state index in [9.17, 15) is 0 Å². The molecule has 2 atom stereocenters. The maximum absolute atomic E-state index is 5.38. The van der Waals surface area contributed by atoms with E-state index in [1.54, 1.807) is 7.11 Å². The van der Waals surface area contributed by atoms with Gasteiger partial charge in [0.25, 0.3) is 0 Å². The van der Waals surface area contributed by atoms with E-state index in [1.807, 2.05) is 13.1 Å². The minimum atomic E-state index is 0.408. The lowest BCUT2D eigenvalue weighted by Gasteiger charge is -2.36. The second kappa shape index (κ2) is 9.83. The van der Waals surface area contributed by atoms with Gasteiger partial charge in [-0.25, -0.2) is 0 Å². The summed E-state index contributed by atoms with van der Waals surface area (Å²) in [5.41, 5.74) is 1.23. The highest BCUT2D eigenvalue weighted by molar-refractivity contribution is 5.80. The average Bonchev–Trinajstić information content (AvgIpc) is 2.71. The summed E-state index contributed by atoms with van der Waals surface area (Å²) in [6.07, 6.45) is 4.96. The molecule has 1 aromatic carbocycles. The van der Waals surface area contributed by atoms with Crippen molar-refractivity contribution in [1.82, 2.24) is 15.5 Å². The number of hydrogen-bond donors (Lipinski definition) is 2. The summed E-state index contributed by atoms with van der Waals surface area (Å²) in [5.74, 6) is 2.56. The first kappa shape index (κ1) is 19.8. The predicted octanol–water partition coefficient (Wildman–Crippen LogP) is 2.17. The molecule has 0 radical (unpaired) electrons. The molecule has 2 aliphatic rings. The first-order chi connectivity index (χ1) is 13.2. The molecule has 2 unspecified atom stereocenters. The number of likely N-dealkylation sites (tertiary alicyclic amines) is 1. The maximum atomic E-state index is 5.38. The minimum absolute atomic E-state index is 0.408. The average molecular weight is 374 g/mol. The van der Waals surface area contributed by atoms with Gasteiger partial charge in [0.05, 0.1) is 7.11 Å². The van der Waals surface area contributed by atoms with Crippen LogP contribution in [0.5, 0.6) is 5.75 Å². The highest BCUT2D eigenvalue weighted by atomic mass is 16.5. The molecular weight excluding hydrogens is 338 g/mol. The van der Waals surface area contributed by atoms with Crippen molar-refractivity contribution in [3.63, 3.8) is 0 Å². The Balaban J connectivity index is 1.51. The van der Waals surface area contributed by atoms with Crippen LogP contribution in [0.15, 0.2) is 29.3 Å². The third-order valence-electron chi connectivity index (χ3n) is 5.68. The Hall–Kier alpha value is -1.95. The third-order valence-corrected chi connectivity index (χ3v) is 5.68. The summed E-state index contributed by atoms with van der Waals surface area (Å²) >= 11 is 0. The Bertz CT molecular complexity index is 620. The number of aliphatic imine (C=N–C) groups is 1. The Morgan fingerprint density at radius 2 is 2.07 bits per heavy atom. The van der Waals surface area contributed by atoms with E-state index >= 15 is 0 Å². The van der Waals surface area contributed by atoms with Crippen LogP contribution in [0.25, 0.3) is 0 Å². The van der Waals surface area contributed by atoms with Crippen LogP contribution in [0.1, 0.15) is 25.7 Å². The molecule has 0 amide bonds. The fourth-order valence-electron chi connectivity index (χ4n) is 4.21. The van der Waals surface area contributed by atoms with E-state index in [-0.39, 0.29) is 0 Å². The van der Waals surface area contributed by atoms with Gasteiger partial charge in [-0.05, 0) is 57.3 Å². The number of anilines is 1. The lowest BCUT2D eigenvalue weighted by molar-refractivity contribution is 0.210. The van der Waals surface area contributed by atoms with Crippen LogP contribution in [-0.4, -0.2) is 70.8 Å². The van der Waals surface area contributed by atoms with Gasteiger partial charge in [0.2, 0.25) is 0 Å². The molecule has 2 saturated heterocycles. The van der Waals surface area contributed by atoms with Crippen molar-refractivity contribution in [2.45, 2.75) is 31.7 Å². The van der Waals surface area contributed by atoms with Crippen LogP contribution in [0.4, 0.5) is 5.69 Å². The number of hydrogen-bond acceptors (Lipinski definition) is 4. The molecule has 1 aromatic rings. The van der Waals surface area contributed by atoms with E-state index in [0.717, 1.165) is 31.3 Å². The number of piperidine rings is 2. The van der Waals surface area contributed by atoms with Crippen LogP contribution in [0, 0.1) is 5.92 Å². The van der Waals surface area contributed by atoms with Gasteiger partial charge in [-0.15, -0.1) is 0 Å². The highest BCUT2D eigenvalue weighted by Gasteiger charge is 2.22. The zero-order valence-corrected chi connectivity index (χ0v) is 17.1. The largest absolute Gasteiger partial charge is 0.497 e. The van der Waals surface area contributed by atoms with Crippen molar-refractivity contribution in [2.24, 2.45) is 10.9 Å². The molecule has 150 valence electrons. The third kappa shape index (κ3) is 5.76. The van der Waals surface area contributed by atoms with E-state index in [2.05, 4.69) is 50.7 Å². The zero-order valence-electron chi connectivity index (χ0n) is 17.1. The van der Waals surface area contributed by atoms with Crippen molar-refractivity contribution in [3.8, 4) is 5.75 Å². The number of benzene rings is 1. The van der Waals surface area contributed by atoms with E-state index < -0.39 is 0 Å². The van der Waals surface area contributed by atoms with E-state index in [0.29, 0.717) is 12.0 Å². The molecule has 27 heavy (non-hydrogen) atoms. The molecule has 2 aliphatic heterocycles. The maximum Gasteiger partial charge on any atom is 0.191 e. The van der Waals surface area contributed by atoms with Crippen molar-refractivity contribution in [2.75, 3.05) is 58.8 Å². The summed E-state index contributed by atoms with van der Waals surface area (Å²) < 4.78 is 5.38. The van der Waals surface area contributed by atoms with Gasteiger partial charge in [-0.3, -0.25) is 4.99 Å². The number of methoxy groups -OCH3 is 1. The van der Waals surface area contributed by atoms with Crippen LogP contribution in [-0.2, 0) is 0 Å². The highest BCUT2D eigenvalue weighted by Crippen LogP contribution is 2.24. The molecule has 0 saturated carbocycles. The molecular formula is C21H35N5O. The predicted molar refractivity (Wildman–Crippen MR) is 113 cm³/mol. The lowest BCUT2D eigenvalue weighted by Crippen LogP contribution is -2.52. The monoisotopic (exact) mass is 373 g/mol. The summed E-state index contributed by atoms with van der Waals surface area (Å²) in [7, 11) is 5.80. The minimum Gasteiger partial charge on any atom is -0.497 e. The molecule has 6 heteroatoms. The lowest BCUT2D eigenvalue weighted by atomic mass is 9.98. The molecule has 0 spiro atoms. The topological polar surface area (TPSA) is 52.1 Å². The van der Waals surface area contributed by atoms with E-state index in [1.165, 1.54) is 44.5 Å².